The normalized spacial score (nSPS) is 12.7. The van der Waals surface area contributed by atoms with Crippen molar-refractivity contribution in [3.63, 3.8) is 0 Å². The summed E-state index contributed by atoms with van der Waals surface area (Å²) in [6.45, 7) is 7.65. The Morgan fingerprint density at radius 3 is 2.53 bits per heavy atom. The van der Waals surface area contributed by atoms with Crippen LogP contribution in [0.3, 0.4) is 0 Å². The van der Waals surface area contributed by atoms with E-state index in [9.17, 15) is 4.79 Å². The second kappa shape index (κ2) is 5.82. The molecule has 1 amide bonds. The van der Waals surface area contributed by atoms with Crippen LogP contribution in [0.25, 0.3) is 0 Å². The van der Waals surface area contributed by atoms with E-state index in [0.29, 0.717) is 11.4 Å². The average Bonchev–Trinajstić information content (AvgIpc) is 2.29. The summed E-state index contributed by atoms with van der Waals surface area (Å²) in [5.74, 6) is 0.539. The molecule has 0 radical (unpaired) electrons. The molecule has 1 atom stereocenters. The van der Waals surface area contributed by atoms with E-state index in [1.165, 1.54) is 0 Å². The number of amides is 1. The maximum Gasteiger partial charge on any atom is 0.242 e. The van der Waals surface area contributed by atoms with Gasteiger partial charge in [-0.15, -0.1) is 0 Å². The fraction of sp³-hybridized carbons (Fsp3) is 0.500. The summed E-state index contributed by atoms with van der Waals surface area (Å²) >= 11 is 0. The van der Waals surface area contributed by atoms with E-state index in [1.807, 2.05) is 33.8 Å². The molecular formula is C14H23N3O2. The number of nitrogen functional groups attached to an aromatic ring is 1. The summed E-state index contributed by atoms with van der Waals surface area (Å²) in [5, 5.41) is 6.04. The van der Waals surface area contributed by atoms with Crippen molar-refractivity contribution in [1.82, 2.24) is 5.32 Å². The number of benzene rings is 1. The van der Waals surface area contributed by atoms with Gasteiger partial charge in [0.1, 0.15) is 11.8 Å². The van der Waals surface area contributed by atoms with Crippen LogP contribution in [0.4, 0.5) is 11.4 Å². The third-order valence-corrected chi connectivity index (χ3v) is 2.51. The van der Waals surface area contributed by atoms with Crippen molar-refractivity contribution in [3.05, 3.63) is 18.2 Å². The van der Waals surface area contributed by atoms with Gasteiger partial charge in [0.2, 0.25) is 5.91 Å². The van der Waals surface area contributed by atoms with E-state index < -0.39 is 0 Å². The zero-order valence-corrected chi connectivity index (χ0v) is 12.2. The monoisotopic (exact) mass is 265 g/mol. The van der Waals surface area contributed by atoms with E-state index in [2.05, 4.69) is 10.6 Å². The molecule has 0 spiro atoms. The van der Waals surface area contributed by atoms with E-state index in [0.717, 1.165) is 5.69 Å². The lowest BCUT2D eigenvalue weighted by Crippen LogP contribution is -2.47. The van der Waals surface area contributed by atoms with Crippen molar-refractivity contribution in [2.45, 2.75) is 39.3 Å². The summed E-state index contributed by atoms with van der Waals surface area (Å²) in [6, 6.07) is 5.00. The Hall–Kier alpha value is -1.91. The first-order valence-electron chi connectivity index (χ1n) is 6.25. The number of carbonyl (C=O) groups is 1. The Labute approximate surface area is 114 Å². The highest BCUT2D eigenvalue weighted by Crippen LogP contribution is 2.25. The van der Waals surface area contributed by atoms with Crippen LogP contribution < -0.4 is 21.1 Å². The minimum atomic E-state index is -0.340. The molecule has 1 rings (SSSR count). The van der Waals surface area contributed by atoms with Crippen LogP contribution in [-0.2, 0) is 4.79 Å². The van der Waals surface area contributed by atoms with Gasteiger partial charge in [-0.1, -0.05) is 0 Å². The first-order valence-corrected chi connectivity index (χ1v) is 6.25. The molecule has 0 aliphatic carbocycles. The molecule has 0 aliphatic heterocycles. The van der Waals surface area contributed by atoms with E-state index in [1.54, 1.807) is 19.2 Å². The van der Waals surface area contributed by atoms with Gasteiger partial charge in [0.25, 0.3) is 0 Å². The van der Waals surface area contributed by atoms with Crippen molar-refractivity contribution in [3.8, 4) is 5.75 Å². The molecular weight excluding hydrogens is 242 g/mol. The predicted octanol–water partition coefficient (Wildman–Crippen LogP) is 1.99. The van der Waals surface area contributed by atoms with Crippen LogP contribution in [-0.4, -0.2) is 24.6 Å². The molecule has 0 saturated heterocycles. The number of ether oxygens (including phenoxy) is 1. The molecule has 0 fully saturated rings. The Bertz CT molecular complexity index is 452. The highest BCUT2D eigenvalue weighted by atomic mass is 16.5. The Morgan fingerprint density at radius 1 is 1.37 bits per heavy atom. The highest BCUT2D eigenvalue weighted by molar-refractivity contribution is 5.85. The van der Waals surface area contributed by atoms with Crippen LogP contribution in [0.2, 0.25) is 0 Å². The molecule has 106 valence electrons. The van der Waals surface area contributed by atoms with Gasteiger partial charge < -0.3 is 21.1 Å². The van der Waals surface area contributed by atoms with Crippen molar-refractivity contribution in [2.75, 3.05) is 18.2 Å². The van der Waals surface area contributed by atoms with E-state index >= 15 is 0 Å². The standard InChI is InChI=1S/C14H23N3O2/c1-9(13(18)17-14(2,3)4)16-10-6-7-11(15)12(8-10)19-5/h6-9,16H,15H2,1-5H3,(H,17,18). The summed E-state index contributed by atoms with van der Waals surface area (Å²) < 4.78 is 5.14. The number of nitrogens with two attached hydrogens (primary N) is 1. The Morgan fingerprint density at radius 2 is 2.00 bits per heavy atom. The number of nitrogens with one attached hydrogen (secondary N) is 2. The van der Waals surface area contributed by atoms with Gasteiger partial charge in [-0.3, -0.25) is 4.79 Å². The van der Waals surface area contributed by atoms with Gasteiger partial charge in [0, 0.05) is 17.3 Å². The third-order valence-electron chi connectivity index (χ3n) is 2.51. The molecule has 0 aromatic heterocycles. The molecule has 1 unspecified atom stereocenters. The lowest BCUT2D eigenvalue weighted by molar-refractivity contribution is -0.122. The highest BCUT2D eigenvalue weighted by Gasteiger charge is 2.19. The van der Waals surface area contributed by atoms with Crippen LogP contribution >= 0.6 is 0 Å². The SMILES string of the molecule is COc1cc(NC(C)C(=O)NC(C)(C)C)ccc1N. The first kappa shape index (κ1) is 15.1. The van der Waals surface area contributed by atoms with Gasteiger partial charge in [0.05, 0.1) is 12.8 Å². The molecule has 19 heavy (non-hydrogen) atoms. The minimum absolute atomic E-state index is 0.0525. The Balaban J connectivity index is 2.71. The minimum Gasteiger partial charge on any atom is -0.495 e. The van der Waals surface area contributed by atoms with Crippen molar-refractivity contribution in [1.29, 1.82) is 0 Å². The second-order valence-corrected chi connectivity index (χ2v) is 5.56. The number of rotatable bonds is 4. The number of hydrogen-bond donors (Lipinski definition) is 3. The van der Waals surface area contributed by atoms with Crippen LogP contribution in [0.1, 0.15) is 27.7 Å². The number of anilines is 2. The largest absolute Gasteiger partial charge is 0.495 e. The van der Waals surface area contributed by atoms with Crippen molar-refractivity contribution < 1.29 is 9.53 Å². The summed E-state index contributed by atoms with van der Waals surface area (Å²) in [5.41, 5.74) is 6.86. The summed E-state index contributed by atoms with van der Waals surface area (Å²) in [4.78, 5) is 12.0. The molecule has 1 aromatic rings. The number of methoxy groups -OCH3 is 1. The van der Waals surface area contributed by atoms with Crippen molar-refractivity contribution in [2.24, 2.45) is 0 Å². The lowest BCUT2D eigenvalue weighted by Gasteiger charge is -2.24. The molecule has 0 bridgehead atoms. The quantitative estimate of drug-likeness (QED) is 0.728. The smallest absolute Gasteiger partial charge is 0.242 e. The van der Waals surface area contributed by atoms with E-state index in [-0.39, 0.29) is 17.5 Å². The zero-order chi connectivity index (χ0) is 14.6. The maximum absolute atomic E-state index is 12.0. The van der Waals surface area contributed by atoms with Crippen LogP contribution in [0, 0.1) is 0 Å². The molecule has 5 heteroatoms. The van der Waals surface area contributed by atoms with Gasteiger partial charge >= 0.3 is 0 Å². The Kier molecular flexibility index (Phi) is 4.64. The second-order valence-electron chi connectivity index (χ2n) is 5.56. The molecule has 4 N–H and O–H groups in total. The molecule has 5 nitrogen and oxygen atoms in total. The molecule has 1 aromatic carbocycles. The molecule has 0 aliphatic rings. The van der Waals surface area contributed by atoms with Gasteiger partial charge in [-0.2, -0.15) is 0 Å². The predicted molar refractivity (Wildman–Crippen MR) is 78.4 cm³/mol. The fourth-order valence-corrected chi connectivity index (χ4v) is 1.59. The summed E-state index contributed by atoms with van der Waals surface area (Å²) in [7, 11) is 1.56. The fourth-order valence-electron chi connectivity index (χ4n) is 1.59. The van der Waals surface area contributed by atoms with Crippen molar-refractivity contribution >= 4 is 17.3 Å². The van der Waals surface area contributed by atoms with Gasteiger partial charge in [0.15, 0.2) is 0 Å². The maximum atomic E-state index is 12.0. The average molecular weight is 265 g/mol. The van der Waals surface area contributed by atoms with Gasteiger partial charge in [-0.25, -0.2) is 0 Å². The third kappa shape index (κ3) is 4.69. The lowest BCUT2D eigenvalue weighted by atomic mass is 10.1. The van der Waals surface area contributed by atoms with Gasteiger partial charge in [-0.05, 0) is 39.8 Å². The van der Waals surface area contributed by atoms with E-state index in [4.69, 9.17) is 10.5 Å². The number of carbonyl (C=O) groups excluding carboxylic acids is 1. The van der Waals surface area contributed by atoms with Crippen LogP contribution in [0.5, 0.6) is 5.75 Å². The summed E-state index contributed by atoms with van der Waals surface area (Å²) in [6.07, 6.45) is 0. The molecule has 0 saturated carbocycles. The zero-order valence-electron chi connectivity index (χ0n) is 12.2. The molecule has 0 heterocycles. The van der Waals surface area contributed by atoms with Crippen LogP contribution in [0.15, 0.2) is 18.2 Å². The first-order chi connectivity index (χ1) is 8.73. The number of hydrogen-bond acceptors (Lipinski definition) is 4. The topological polar surface area (TPSA) is 76.4 Å².